The van der Waals surface area contributed by atoms with Crippen LogP contribution in [0, 0.1) is 10.8 Å². The summed E-state index contributed by atoms with van der Waals surface area (Å²) in [6.45, 7) is 11.8. The van der Waals surface area contributed by atoms with Crippen molar-refractivity contribution in [3.05, 3.63) is 35.4 Å². The molecular weight excluding hydrogens is 246 g/mol. The van der Waals surface area contributed by atoms with Gasteiger partial charge in [0.1, 0.15) is 0 Å². The van der Waals surface area contributed by atoms with E-state index in [4.69, 9.17) is 0 Å². The van der Waals surface area contributed by atoms with Gasteiger partial charge in [-0.05, 0) is 34.8 Å². The molecule has 0 fully saturated rings. The monoisotopic (exact) mass is 275 g/mol. The quantitative estimate of drug-likeness (QED) is 0.878. The Labute approximate surface area is 123 Å². The van der Waals surface area contributed by atoms with Crippen LogP contribution >= 0.6 is 0 Å². The molecule has 20 heavy (non-hydrogen) atoms. The zero-order chi connectivity index (χ0) is 15.0. The van der Waals surface area contributed by atoms with Crippen LogP contribution in [0.15, 0.2) is 24.3 Å². The summed E-state index contributed by atoms with van der Waals surface area (Å²) in [7, 11) is 0. The van der Waals surface area contributed by atoms with Crippen LogP contribution in [0.25, 0.3) is 0 Å². The normalized spacial score (nSPS) is 22.6. The predicted octanol–water partition coefficient (Wildman–Crippen LogP) is 3.70. The Morgan fingerprint density at radius 1 is 1.30 bits per heavy atom. The lowest BCUT2D eigenvalue weighted by molar-refractivity contribution is 0.109. The number of aliphatic hydroxyl groups is 1. The Kier molecular flexibility index (Phi) is 4.27. The Bertz CT molecular complexity index is 459. The maximum Gasteiger partial charge on any atom is 0.0669 e. The van der Waals surface area contributed by atoms with Crippen LogP contribution in [0.3, 0.4) is 0 Å². The fraction of sp³-hybridized carbons (Fsp3) is 0.667. The Balaban J connectivity index is 2.02. The van der Waals surface area contributed by atoms with Crippen molar-refractivity contribution < 1.29 is 5.11 Å². The summed E-state index contributed by atoms with van der Waals surface area (Å²) < 4.78 is 0. The van der Waals surface area contributed by atoms with Gasteiger partial charge in [-0.3, -0.25) is 0 Å². The fourth-order valence-corrected chi connectivity index (χ4v) is 3.41. The predicted molar refractivity (Wildman–Crippen MR) is 84.7 cm³/mol. The number of rotatable bonds is 4. The number of hydrogen-bond acceptors (Lipinski definition) is 2. The van der Waals surface area contributed by atoms with Crippen molar-refractivity contribution in [1.29, 1.82) is 0 Å². The summed E-state index contributed by atoms with van der Waals surface area (Å²) >= 11 is 0. The van der Waals surface area contributed by atoms with Crippen LogP contribution in [0.2, 0.25) is 0 Å². The van der Waals surface area contributed by atoms with Gasteiger partial charge < -0.3 is 10.4 Å². The van der Waals surface area contributed by atoms with E-state index < -0.39 is 0 Å². The molecule has 0 saturated heterocycles. The van der Waals surface area contributed by atoms with Crippen molar-refractivity contribution in [3.8, 4) is 0 Å². The highest BCUT2D eigenvalue weighted by Gasteiger charge is 2.38. The summed E-state index contributed by atoms with van der Waals surface area (Å²) in [5, 5.41) is 13.8. The molecule has 0 heterocycles. The van der Waals surface area contributed by atoms with Gasteiger partial charge in [-0.2, -0.15) is 0 Å². The van der Waals surface area contributed by atoms with E-state index in [0.29, 0.717) is 12.6 Å². The smallest absolute Gasteiger partial charge is 0.0669 e. The van der Waals surface area contributed by atoms with E-state index in [1.807, 2.05) is 0 Å². The Hall–Kier alpha value is -0.860. The maximum atomic E-state index is 10.2. The molecule has 2 nitrogen and oxygen atoms in total. The van der Waals surface area contributed by atoms with Crippen LogP contribution < -0.4 is 5.32 Å². The number of benzene rings is 1. The van der Waals surface area contributed by atoms with Gasteiger partial charge in [0, 0.05) is 12.6 Å². The molecule has 2 N–H and O–H groups in total. The SMILES string of the molecule is CC(C)(C)CC(O)CNC1c2ccccc2CC1(C)C. The van der Waals surface area contributed by atoms with E-state index in [0.717, 1.165) is 12.8 Å². The molecule has 0 saturated carbocycles. The molecule has 0 spiro atoms. The van der Waals surface area contributed by atoms with Crippen molar-refractivity contribution in [1.82, 2.24) is 5.32 Å². The van der Waals surface area contributed by atoms with Crippen molar-refractivity contribution in [2.45, 2.75) is 59.6 Å². The lowest BCUT2D eigenvalue weighted by atomic mass is 9.85. The van der Waals surface area contributed by atoms with Crippen LogP contribution in [-0.4, -0.2) is 17.8 Å². The standard InChI is InChI=1S/C18H29NO/c1-17(2,3)11-14(20)12-19-16-15-9-7-6-8-13(15)10-18(16,4)5/h6-9,14,16,19-20H,10-12H2,1-5H3. The Morgan fingerprint density at radius 2 is 1.95 bits per heavy atom. The van der Waals surface area contributed by atoms with Gasteiger partial charge in [0.2, 0.25) is 0 Å². The van der Waals surface area contributed by atoms with E-state index in [-0.39, 0.29) is 16.9 Å². The van der Waals surface area contributed by atoms with Gasteiger partial charge in [0.05, 0.1) is 6.10 Å². The molecule has 1 aliphatic carbocycles. The van der Waals surface area contributed by atoms with Gasteiger partial charge in [-0.1, -0.05) is 58.9 Å². The summed E-state index contributed by atoms with van der Waals surface area (Å²) in [4.78, 5) is 0. The molecule has 2 rings (SSSR count). The molecule has 0 aliphatic heterocycles. The van der Waals surface area contributed by atoms with Gasteiger partial charge >= 0.3 is 0 Å². The van der Waals surface area contributed by atoms with E-state index in [9.17, 15) is 5.11 Å². The first-order valence-electron chi connectivity index (χ1n) is 7.68. The second-order valence-corrected chi connectivity index (χ2v) is 8.12. The summed E-state index contributed by atoms with van der Waals surface area (Å²) in [6.07, 6.45) is 1.66. The Morgan fingerprint density at radius 3 is 2.60 bits per heavy atom. The molecule has 1 aromatic carbocycles. The van der Waals surface area contributed by atoms with Gasteiger partial charge in [0.15, 0.2) is 0 Å². The fourth-order valence-electron chi connectivity index (χ4n) is 3.41. The molecule has 0 bridgehead atoms. The summed E-state index contributed by atoms with van der Waals surface area (Å²) in [5.74, 6) is 0. The molecule has 1 aromatic rings. The molecule has 112 valence electrons. The lowest BCUT2D eigenvalue weighted by Gasteiger charge is -2.30. The topological polar surface area (TPSA) is 32.3 Å². The second-order valence-electron chi connectivity index (χ2n) is 8.12. The van der Waals surface area contributed by atoms with Crippen molar-refractivity contribution >= 4 is 0 Å². The minimum absolute atomic E-state index is 0.171. The van der Waals surface area contributed by atoms with Gasteiger partial charge in [-0.15, -0.1) is 0 Å². The van der Waals surface area contributed by atoms with E-state index in [1.54, 1.807) is 0 Å². The first-order chi connectivity index (χ1) is 9.19. The highest BCUT2D eigenvalue weighted by Crippen LogP contribution is 2.44. The first kappa shape index (κ1) is 15.5. The number of aliphatic hydroxyl groups excluding tert-OH is 1. The average Bonchev–Trinajstić information content (AvgIpc) is 2.53. The molecule has 0 radical (unpaired) electrons. The van der Waals surface area contributed by atoms with Crippen molar-refractivity contribution in [2.75, 3.05) is 6.54 Å². The molecular formula is C18H29NO. The largest absolute Gasteiger partial charge is 0.392 e. The first-order valence-corrected chi connectivity index (χ1v) is 7.68. The number of hydrogen-bond donors (Lipinski definition) is 2. The maximum absolute atomic E-state index is 10.2. The summed E-state index contributed by atoms with van der Waals surface area (Å²) in [6, 6.07) is 9.02. The number of fused-ring (bicyclic) bond motifs is 1. The third kappa shape index (κ3) is 3.62. The molecule has 2 atom stereocenters. The molecule has 2 unspecified atom stereocenters. The molecule has 0 aromatic heterocycles. The zero-order valence-electron chi connectivity index (χ0n) is 13.5. The van der Waals surface area contributed by atoms with Crippen molar-refractivity contribution in [2.24, 2.45) is 10.8 Å². The van der Waals surface area contributed by atoms with Crippen LogP contribution in [0.5, 0.6) is 0 Å². The van der Waals surface area contributed by atoms with E-state index >= 15 is 0 Å². The van der Waals surface area contributed by atoms with Crippen molar-refractivity contribution in [3.63, 3.8) is 0 Å². The third-order valence-corrected chi connectivity index (χ3v) is 4.20. The lowest BCUT2D eigenvalue weighted by Crippen LogP contribution is -2.37. The van der Waals surface area contributed by atoms with Crippen LogP contribution in [0.4, 0.5) is 0 Å². The van der Waals surface area contributed by atoms with E-state index in [1.165, 1.54) is 11.1 Å². The summed E-state index contributed by atoms with van der Waals surface area (Å²) in [5.41, 5.74) is 3.23. The highest BCUT2D eigenvalue weighted by atomic mass is 16.3. The minimum atomic E-state index is -0.279. The second kappa shape index (κ2) is 5.50. The molecule has 0 amide bonds. The van der Waals surface area contributed by atoms with E-state index in [2.05, 4.69) is 64.2 Å². The average molecular weight is 275 g/mol. The van der Waals surface area contributed by atoms with Crippen LogP contribution in [-0.2, 0) is 6.42 Å². The van der Waals surface area contributed by atoms with Gasteiger partial charge in [-0.25, -0.2) is 0 Å². The molecule has 1 aliphatic rings. The van der Waals surface area contributed by atoms with Crippen LogP contribution in [0.1, 0.15) is 58.2 Å². The highest BCUT2D eigenvalue weighted by molar-refractivity contribution is 5.37. The minimum Gasteiger partial charge on any atom is -0.392 e. The third-order valence-electron chi connectivity index (χ3n) is 4.20. The zero-order valence-corrected chi connectivity index (χ0v) is 13.5. The number of nitrogens with one attached hydrogen (secondary N) is 1. The van der Waals surface area contributed by atoms with Gasteiger partial charge in [0.25, 0.3) is 0 Å². The molecule has 2 heteroatoms.